The van der Waals surface area contributed by atoms with Crippen LogP contribution in [-0.4, -0.2) is 23.2 Å². The summed E-state index contributed by atoms with van der Waals surface area (Å²) in [5.41, 5.74) is 1.25. The summed E-state index contributed by atoms with van der Waals surface area (Å²) in [4.78, 5) is 15.7. The summed E-state index contributed by atoms with van der Waals surface area (Å²) < 4.78 is 5.91. The van der Waals surface area contributed by atoms with Crippen LogP contribution >= 0.6 is 27.3 Å². The Labute approximate surface area is 116 Å². The first-order chi connectivity index (χ1) is 8.52. The number of hydrogen-bond donors (Lipinski definition) is 1. The molecule has 0 fully saturated rings. The molecule has 2 rings (SSSR count). The van der Waals surface area contributed by atoms with Gasteiger partial charge in [0.25, 0.3) is 0 Å². The zero-order valence-corrected chi connectivity index (χ0v) is 12.1. The zero-order valence-electron chi connectivity index (χ0n) is 9.73. The Balaban J connectivity index is 2.55. The first kappa shape index (κ1) is 13.0. The van der Waals surface area contributed by atoms with E-state index in [0.29, 0.717) is 11.4 Å². The monoisotopic (exact) mass is 327 g/mol. The van der Waals surface area contributed by atoms with E-state index in [1.54, 1.807) is 32.2 Å². The van der Waals surface area contributed by atoms with Gasteiger partial charge in [0.1, 0.15) is 10.6 Å². The van der Waals surface area contributed by atoms with Crippen LogP contribution in [0.2, 0.25) is 0 Å². The molecule has 0 aliphatic heterocycles. The number of rotatable bonds is 3. The molecule has 0 aliphatic rings. The van der Waals surface area contributed by atoms with Gasteiger partial charge in [0.05, 0.1) is 22.3 Å². The Morgan fingerprint density at radius 3 is 2.78 bits per heavy atom. The van der Waals surface area contributed by atoms with Gasteiger partial charge in [-0.15, -0.1) is 11.3 Å². The molecule has 18 heavy (non-hydrogen) atoms. The third kappa shape index (κ3) is 2.39. The number of thiazole rings is 1. The second-order valence-corrected chi connectivity index (χ2v) is 5.62. The third-order valence-electron chi connectivity index (χ3n) is 2.35. The number of aryl methyl sites for hydroxylation is 1. The van der Waals surface area contributed by atoms with Crippen molar-refractivity contribution in [3.05, 3.63) is 32.6 Å². The van der Waals surface area contributed by atoms with Crippen molar-refractivity contribution in [3.63, 3.8) is 0 Å². The fraction of sp³-hybridized carbons (Fsp3) is 0.167. The maximum atomic E-state index is 11.2. The molecule has 94 valence electrons. The van der Waals surface area contributed by atoms with Gasteiger partial charge in [-0.2, -0.15) is 0 Å². The Hall–Kier alpha value is -1.40. The van der Waals surface area contributed by atoms with E-state index < -0.39 is 5.97 Å². The summed E-state index contributed by atoms with van der Waals surface area (Å²) in [5.74, 6) is -0.259. The number of methoxy groups -OCH3 is 1. The van der Waals surface area contributed by atoms with Crippen molar-refractivity contribution in [1.82, 2.24) is 4.98 Å². The van der Waals surface area contributed by atoms with Gasteiger partial charge in [-0.05, 0) is 41.1 Å². The topological polar surface area (TPSA) is 59.4 Å². The maximum Gasteiger partial charge on any atom is 0.348 e. The van der Waals surface area contributed by atoms with Crippen molar-refractivity contribution in [1.29, 1.82) is 0 Å². The molecular weight excluding hydrogens is 318 g/mol. The molecule has 0 radical (unpaired) electrons. The van der Waals surface area contributed by atoms with Crippen LogP contribution in [-0.2, 0) is 0 Å². The minimum Gasteiger partial charge on any atom is -0.496 e. The molecule has 0 spiro atoms. The van der Waals surface area contributed by atoms with Crippen molar-refractivity contribution >= 4 is 33.2 Å². The molecule has 1 heterocycles. The van der Waals surface area contributed by atoms with E-state index in [9.17, 15) is 4.79 Å². The Bertz CT molecular complexity index is 609. The lowest BCUT2D eigenvalue weighted by atomic mass is 10.1. The summed E-state index contributed by atoms with van der Waals surface area (Å²) in [5, 5.41) is 9.88. The largest absolute Gasteiger partial charge is 0.496 e. The summed E-state index contributed by atoms with van der Waals surface area (Å²) in [6, 6.07) is 5.38. The smallest absolute Gasteiger partial charge is 0.348 e. The number of halogens is 1. The number of carbonyl (C=O) groups is 1. The van der Waals surface area contributed by atoms with E-state index in [1.165, 1.54) is 11.3 Å². The molecule has 0 atom stereocenters. The minimum absolute atomic E-state index is 0.254. The predicted molar refractivity (Wildman–Crippen MR) is 73.5 cm³/mol. The lowest BCUT2D eigenvalue weighted by Gasteiger charge is -2.05. The highest BCUT2D eigenvalue weighted by Gasteiger charge is 2.18. The highest BCUT2D eigenvalue weighted by Crippen LogP contribution is 2.33. The van der Waals surface area contributed by atoms with Gasteiger partial charge >= 0.3 is 5.97 Å². The minimum atomic E-state index is -0.956. The fourth-order valence-electron chi connectivity index (χ4n) is 1.58. The van der Waals surface area contributed by atoms with Crippen LogP contribution in [0.25, 0.3) is 11.3 Å². The normalized spacial score (nSPS) is 10.4. The molecule has 0 amide bonds. The van der Waals surface area contributed by atoms with E-state index in [0.717, 1.165) is 15.0 Å². The van der Waals surface area contributed by atoms with E-state index in [4.69, 9.17) is 9.84 Å². The summed E-state index contributed by atoms with van der Waals surface area (Å²) in [6.07, 6.45) is 0. The first-order valence-corrected chi connectivity index (χ1v) is 6.68. The fourth-order valence-corrected chi connectivity index (χ4v) is 2.90. The van der Waals surface area contributed by atoms with Gasteiger partial charge < -0.3 is 9.84 Å². The van der Waals surface area contributed by atoms with E-state index in [1.807, 2.05) is 0 Å². The Kier molecular flexibility index (Phi) is 3.68. The highest BCUT2D eigenvalue weighted by atomic mass is 79.9. The van der Waals surface area contributed by atoms with Crippen LogP contribution in [0.15, 0.2) is 22.7 Å². The zero-order chi connectivity index (χ0) is 13.3. The number of carboxylic acid groups (broad SMARTS) is 1. The maximum absolute atomic E-state index is 11.2. The molecule has 1 N–H and O–H groups in total. The van der Waals surface area contributed by atoms with Gasteiger partial charge in [0.2, 0.25) is 0 Å². The van der Waals surface area contributed by atoms with E-state index in [2.05, 4.69) is 20.9 Å². The van der Waals surface area contributed by atoms with Crippen molar-refractivity contribution in [2.45, 2.75) is 6.92 Å². The van der Waals surface area contributed by atoms with Gasteiger partial charge in [-0.25, -0.2) is 9.78 Å². The number of ether oxygens (including phenoxy) is 1. The third-order valence-corrected chi connectivity index (χ3v) is 3.93. The molecule has 4 nitrogen and oxygen atoms in total. The number of benzene rings is 1. The lowest BCUT2D eigenvalue weighted by Crippen LogP contribution is -1.95. The molecule has 0 unspecified atom stereocenters. The van der Waals surface area contributed by atoms with Crippen LogP contribution < -0.4 is 4.74 Å². The molecule has 0 saturated heterocycles. The van der Waals surface area contributed by atoms with Crippen molar-refractivity contribution in [2.75, 3.05) is 7.11 Å². The number of aromatic carboxylic acids is 1. The van der Waals surface area contributed by atoms with E-state index in [-0.39, 0.29) is 4.88 Å². The van der Waals surface area contributed by atoms with Crippen LogP contribution in [0.1, 0.15) is 14.7 Å². The van der Waals surface area contributed by atoms with Crippen molar-refractivity contribution in [3.8, 4) is 17.0 Å². The number of carboxylic acids is 1. The predicted octanol–water partition coefficient (Wildman–Crippen LogP) is 3.59. The second-order valence-electron chi connectivity index (χ2n) is 3.57. The average Bonchev–Trinajstić information content (AvgIpc) is 2.71. The number of nitrogens with zero attached hydrogens (tertiary/aromatic N) is 1. The average molecular weight is 328 g/mol. The molecule has 1 aromatic heterocycles. The molecule has 2 aromatic rings. The van der Waals surface area contributed by atoms with Crippen LogP contribution in [0.3, 0.4) is 0 Å². The summed E-state index contributed by atoms with van der Waals surface area (Å²) >= 11 is 4.55. The van der Waals surface area contributed by atoms with Gasteiger partial charge in [-0.3, -0.25) is 0 Å². The quantitative estimate of drug-likeness (QED) is 0.935. The molecule has 0 saturated carbocycles. The van der Waals surface area contributed by atoms with Gasteiger partial charge in [0, 0.05) is 5.56 Å². The summed E-state index contributed by atoms with van der Waals surface area (Å²) in [7, 11) is 1.58. The van der Waals surface area contributed by atoms with Crippen molar-refractivity contribution < 1.29 is 14.6 Å². The molecule has 6 heteroatoms. The van der Waals surface area contributed by atoms with Crippen LogP contribution in [0.4, 0.5) is 0 Å². The van der Waals surface area contributed by atoms with E-state index >= 15 is 0 Å². The van der Waals surface area contributed by atoms with Crippen LogP contribution in [0.5, 0.6) is 5.75 Å². The van der Waals surface area contributed by atoms with Gasteiger partial charge in [0.15, 0.2) is 0 Å². The molecular formula is C12H10BrNO3S. The molecule has 1 aromatic carbocycles. The Morgan fingerprint density at radius 1 is 1.50 bits per heavy atom. The standard InChI is InChI=1S/C12H10BrNO3S/c1-6-14-10(11(18-6)12(15)16)7-3-4-9(17-2)8(13)5-7/h3-5H,1-2H3,(H,15,16). The summed E-state index contributed by atoms with van der Waals surface area (Å²) in [6.45, 7) is 1.79. The molecule has 0 bridgehead atoms. The first-order valence-electron chi connectivity index (χ1n) is 5.07. The SMILES string of the molecule is COc1ccc(-c2nc(C)sc2C(=O)O)cc1Br. The van der Waals surface area contributed by atoms with Gasteiger partial charge in [-0.1, -0.05) is 0 Å². The lowest BCUT2D eigenvalue weighted by molar-refractivity contribution is 0.0702. The number of hydrogen-bond acceptors (Lipinski definition) is 4. The number of aromatic nitrogens is 1. The Morgan fingerprint density at radius 2 is 2.22 bits per heavy atom. The second kappa shape index (κ2) is 5.07. The van der Waals surface area contributed by atoms with Crippen molar-refractivity contribution in [2.24, 2.45) is 0 Å². The van der Waals surface area contributed by atoms with Crippen LogP contribution in [0, 0.1) is 6.92 Å². The molecule has 0 aliphatic carbocycles. The highest BCUT2D eigenvalue weighted by molar-refractivity contribution is 9.10.